The number of furan rings is 1. The van der Waals surface area contributed by atoms with Gasteiger partial charge in [-0.05, 0) is 30.3 Å². The third kappa shape index (κ3) is 2.65. The largest absolute Gasteiger partial charge is 0.472 e. The number of pyridine rings is 1. The van der Waals surface area contributed by atoms with Gasteiger partial charge < -0.3 is 8.94 Å². The molecule has 0 N–H and O–H groups in total. The lowest BCUT2D eigenvalue weighted by Gasteiger charge is -2.08. The first-order valence-electron chi connectivity index (χ1n) is 8.29. The van der Waals surface area contributed by atoms with Crippen LogP contribution in [0.5, 0.6) is 0 Å². The Labute approximate surface area is 157 Å². The maximum atomic E-state index is 14.4. The standard InChI is InChI=1S/C19H11FN6O2/c20-14-3-1-2-4-15(14)26-17(12-5-8-21-9-6-12)16(23-25-26)19-22-18(24-28-19)13-7-10-27-11-13/h1-11H. The Bertz CT molecular complexity index is 1230. The van der Waals surface area contributed by atoms with Crippen molar-refractivity contribution < 1.29 is 13.3 Å². The molecule has 0 amide bonds. The summed E-state index contributed by atoms with van der Waals surface area (Å²) in [6.45, 7) is 0. The molecule has 28 heavy (non-hydrogen) atoms. The van der Waals surface area contributed by atoms with Crippen LogP contribution in [0.1, 0.15) is 0 Å². The van der Waals surface area contributed by atoms with E-state index >= 15 is 0 Å². The Morgan fingerprint density at radius 3 is 2.61 bits per heavy atom. The summed E-state index contributed by atoms with van der Waals surface area (Å²) < 4.78 is 26.3. The van der Waals surface area contributed by atoms with Gasteiger partial charge in [0.05, 0.1) is 11.8 Å². The van der Waals surface area contributed by atoms with E-state index in [1.807, 2.05) is 0 Å². The van der Waals surface area contributed by atoms with Crippen molar-refractivity contribution in [1.82, 2.24) is 30.1 Å². The Balaban J connectivity index is 1.70. The van der Waals surface area contributed by atoms with Crippen molar-refractivity contribution >= 4 is 0 Å². The molecule has 0 atom stereocenters. The third-order valence-electron chi connectivity index (χ3n) is 4.11. The number of halogens is 1. The summed E-state index contributed by atoms with van der Waals surface area (Å²) in [5.74, 6) is 0.0781. The van der Waals surface area contributed by atoms with Gasteiger partial charge in [-0.1, -0.05) is 22.5 Å². The van der Waals surface area contributed by atoms with Crippen LogP contribution in [-0.2, 0) is 0 Å². The molecule has 5 aromatic rings. The fraction of sp³-hybridized carbons (Fsp3) is 0. The van der Waals surface area contributed by atoms with Crippen molar-refractivity contribution in [2.75, 3.05) is 0 Å². The minimum absolute atomic E-state index is 0.158. The van der Waals surface area contributed by atoms with Crippen molar-refractivity contribution in [1.29, 1.82) is 0 Å². The first-order chi connectivity index (χ1) is 13.8. The highest BCUT2D eigenvalue weighted by Gasteiger charge is 2.24. The molecule has 1 aromatic carbocycles. The van der Waals surface area contributed by atoms with Gasteiger partial charge in [0, 0.05) is 18.0 Å². The second-order valence-electron chi connectivity index (χ2n) is 5.82. The molecule has 0 aliphatic heterocycles. The molecule has 0 aliphatic carbocycles. The van der Waals surface area contributed by atoms with E-state index in [2.05, 4.69) is 25.4 Å². The number of rotatable bonds is 4. The fourth-order valence-corrected chi connectivity index (χ4v) is 2.82. The smallest absolute Gasteiger partial charge is 0.281 e. The van der Waals surface area contributed by atoms with Gasteiger partial charge in [0.2, 0.25) is 5.82 Å². The highest BCUT2D eigenvalue weighted by atomic mass is 19.1. The number of aromatic nitrogens is 6. The fourth-order valence-electron chi connectivity index (χ4n) is 2.82. The van der Waals surface area contributed by atoms with E-state index in [9.17, 15) is 4.39 Å². The van der Waals surface area contributed by atoms with Crippen molar-refractivity contribution in [3.8, 4) is 39.9 Å². The molecule has 4 aromatic heterocycles. The Kier molecular flexibility index (Phi) is 3.75. The number of benzene rings is 1. The average molecular weight is 374 g/mol. The molecular formula is C19H11FN6O2. The molecule has 4 heterocycles. The third-order valence-corrected chi connectivity index (χ3v) is 4.11. The van der Waals surface area contributed by atoms with Crippen LogP contribution in [0.15, 0.2) is 76.3 Å². The van der Waals surface area contributed by atoms with Crippen LogP contribution in [0.25, 0.3) is 39.9 Å². The van der Waals surface area contributed by atoms with Crippen LogP contribution in [0, 0.1) is 5.82 Å². The second-order valence-corrected chi connectivity index (χ2v) is 5.82. The monoisotopic (exact) mass is 374 g/mol. The second kappa shape index (κ2) is 6.54. The van der Waals surface area contributed by atoms with Crippen molar-refractivity contribution in [2.24, 2.45) is 0 Å². The summed E-state index contributed by atoms with van der Waals surface area (Å²) >= 11 is 0. The minimum Gasteiger partial charge on any atom is -0.472 e. The Hall–Kier alpha value is -4.14. The molecule has 0 bridgehead atoms. The summed E-state index contributed by atoms with van der Waals surface area (Å²) in [4.78, 5) is 8.41. The van der Waals surface area contributed by atoms with Gasteiger partial charge in [0.25, 0.3) is 5.89 Å². The summed E-state index contributed by atoms with van der Waals surface area (Å²) in [6, 6.07) is 11.6. The van der Waals surface area contributed by atoms with Gasteiger partial charge in [-0.15, -0.1) is 5.10 Å². The summed E-state index contributed by atoms with van der Waals surface area (Å²) in [6.07, 6.45) is 6.28. The van der Waals surface area contributed by atoms with Crippen LogP contribution in [0.4, 0.5) is 4.39 Å². The molecule has 0 unspecified atom stereocenters. The first-order valence-corrected chi connectivity index (χ1v) is 8.29. The number of hydrogen-bond donors (Lipinski definition) is 0. The van der Waals surface area contributed by atoms with Gasteiger partial charge in [-0.2, -0.15) is 4.98 Å². The van der Waals surface area contributed by atoms with Gasteiger partial charge >= 0.3 is 0 Å². The zero-order chi connectivity index (χ0) is 18.9. The molecule has 136 valence electrons. The summed E-state index contributed by atoms with van der Waals surface area (Å²) in [5, 5.41) is 12.3. The zero-order valence-electron chi connectivity index (χ0n) is 14.2. The molecule has 0 fully saturated rings. The predicted octanol–water partition coefficient (Wildman–Crippen LogP) is 3.78. The van der Waals surface area contributed by atoms with Crippen LogP contribution in [0.2, 0.25) is 0 Å². The molecule has 0 saturated carbocycles. The molecule has 0 spiro atoms. The highest BCUT2D eigenvalue weighted by Crippen LogP contribution is 2.32. The van der Waals surface area contributed by atoms with Crippen LogP contribution < -0.4 is 0 Å². The van der Waals surface area contributed by atoms with Crippen molar-refractivity contribution in [3.63, 3.8) is 0 Å². The lowest BCUT2D eigenvalue weighted by atomic mass is 10.1. The van der Waals surface area contributed by atoms with E-state index in [4.69, 9.17) is 8.94 Å². The first kappa shape index (κ1) is 16.1. The normalized spacial score (nSPS) is 11.0. The van der Waals surface area contributed by atoms with Gasteiger partial charge in [0.15, 0.2) is 5.69 Å². The van der Waals surface area contributed by atoms with E-state index in [1.165, 1.54) is 23.3 Å². The van der Waals surface area contributed by atoms with E-state index in [0.717, 1.165) is 5.56 Å². The molecule has 0 radical (unpaired) electrons. The molecule has 0 saturated heterocycles. The molecule has 0 aliphatic rings. The number of para-hydroxylation sites is 1. The van der Waals surface area contributed by atoms with Crippen molar-refractivity contribution in [2.45, 2.75) is 0 Å². The van der Waals surface area contributed by atoms with E-state index in [-0.39, 0.29) is 11.6 Å². The Morgan fingerprint density at radius 2 is 1.82 bits per heavy atom. The Morgan fingerprint density at radius 1 is 0.964 bits per heavy atom. The lowest BCUT2D eigenvalue weighted by Crippen LogP contribution is -2.02. The SMILES string of the molecule is Fc1ccccc1-n1nnc(-c2nc(-c3ccoc3)no2)c1-c1ccncc1. The van der Waals surface area contributed by atoms with Gasteiger partial charge in [-0.3, -0.25) is 4.98 Å². The molecule has 8 nitrogen and oxygen atoms in total. The van der Waals surface area contributed by atoms with Crippen molar-refractivity contribution in [3.05, 3.63) is 73.2 Å². The topological polar surface area (TPSA) is 95.7 Å². The van der Waals surface area contributed by atoms with E-state index in [1.54, 1.807) is 48.8 Å². The quantitative estimate of drug-likeness (QED) is 0.472. The summed E-state index contributed by atoms with van der Waals surface area (Å²) in [7, 11) is 0. The maximum absolute atomic E-state index is 14.4. The maximum Gasteiger partial charge on any atom is 0.281 e. The highest BCUT2D eigenvalue weighted by molar-refractivity contribution is 5.75. The zero-order valence-corrected chi connectivity index (χ0v) is 14.2. The molecule has 9 heteroatoms. The predicted molar refractivity (Wildman–Crippen MR) is 95.5 cm³/mol. The van der Waals surface area contributed by atoms with Gasteiger partial charge in [-0.25, -0.2) is 9.07 Å². The van der Waals surface area contributed by atoms with Crippen LogP contribution in [0.3, 0.4) is 0 Å². The van der Waals surface area contributed by atoms with E-state index in [0.29, 0.717) is 22.8 Å². The minimum atomic E-state index is -0.432. The number of nitrogens with zero attached hydrogens (tertiary/aromatic N) is 6. The summed E-state index contributed by atoms with van der Waals surface area (Å²) in [5.41, 5.74) is 2.48. The van der Waals surface area contributed by atoms with Crippen LogP contribution >= 0.6 is 0 Å². The average Bonchev–Trinajstić information content (AvgIpc) is 3.48. The molecular weight excluding hydrogens is 363 g/mol. The number of hydrogen-bond acceptors (Lipinski definition) is 7. The lowest BCUT2D eigenvalue weighted by molar-refractivity contribution is 0.431. The molecule has 5 rings (SSSR count). The van der Waals surface area contributed by atoms with E-state index < -0.39 is 5.82 Å². The van der Waals surface area contributed by atoms with Gasteiger partial charge in [0.1, 0.15) is 23.5 Å². The van der Waals surface area contributed by atoms with Crippen LogP contribution in [-0.4, -0.2) is 30.1 Å².